The SMILES string of the molecule is C[C@H](O)c1ccc(N2CCCN(C)C(=O)C2)c(Cl)c1. The van der Waals surface area contributed by atoms with Crippen LogP contribution in [0.4, 0.5) is 5.69 Å². The maximum absolute atomic E-state index is 11.9. The van der Waals surface area contributed by atoms with Crippen molar-refractivity contribution in [1.82, 2.24) is 4.90 Å². The predicted octanol–water partition coefficient (Wildman–Crippen LogP) is 2.06. The number of likely N-dealkylation sites (N-methyl/N-ethyl adjacent to an activating group) is 1. The minimum atomic E-state index is -0.538. The van der Waals surface area contributed by atoms with Crippen LogP contribution in [0.25, 0.3) is 0 Å². The lowest BCUT2D eigenvalue weighted by atomic mass is 10.1. The van der Waals surface area contributed by atoms with Crippen LogP contribution in [0.1, 0.15) is 25.0 Å². The van der Waals surface area contributed by atoms with Crippen molar-refractivity contribution < 1.29 is 9.90 Å². The molecule has 0 spiro atoms. The van der Waals surface area contributed by atoms with Crippen molar-refractivity contribution in [3.8, 4) is 0 Å². The normalized spacial score (nSPS) is 18.4. The summed E-state index contributed by atoms with van der Waals surface area (Å²) in [6.07, 6.45) is 0.389. The van der Waals surface area contributed by atoms with Gasteiger partial charge in [-0.05, 0) is 31.0 Å². The Balaban J connectivity index is 2.24. The van der Waals surface area contributed by atoms with E-state index in [-0.39, 0.29) is 5.91 Å². The van der Waals surface area contributed by atoms with Crippen molar-refractivity contribution in [3.63, 3.8) is 0 Å². The maximum atomic E-state index is 11.9. The number of anilines is 1. The average molecular weight is 283 g/mol. The van der Waals surface area contributed by atoms with Gasteiger partial charge >= 0.3 is 0 Å². The zero-order chi connectivity index (χ0) is 14.0. The van der Waals surface area contributed by atoms with Gasteiger partial charge in [0.2, 0.25) is 5.91 Å². The van der Waals surface area contributed by atoms with Gasteiger partial charge in [-0.15, -0.1) is 0 Å². The van der Waals surface area contributed by atoms with Gasteiger partial charge in [0.25, 0.3) is 0 Å². The molecule has 1 aromatic rings. The van der Waals surface area contributed by atoms with E-state index in [1.165, 1.54) is 0 Å². The van der Waals surface area contributed by atoms with Crippen molar-refractivity contribution in [3.05, 3.63) is 28.8 Å². The summed E-state index contributed by atoms with van der Waals surface area (Å²) in [5, 5.41) is 10.1. The summed E-state index contributed by atoms with van der Waals surface area (Å²) in [4.78, 5) is 15.6. The number of nitrogens with zero attached hydrogens (tertiary/aromatic N) is 2. The van der Waals surface area contributed by atoms with E-state index in [4.69, 9.17) is 11.6 Å². The first-order valence-corrected chi connectivity index (χ1v) is 6.83. The highest BCUT2D eigenvalue weighted by atomic mass is 35.5. The van der Waals surface area contributed by atoms with Crippen molar-refractivity contribution >= 4 is 23.2 Å². The van der Waals surface area contributed by atoms with Crippen molar-refractivity contribution in [2.24, 2.45) is 0 Å². The Bertz CT molecular complexity index is 477. The Hall–Kier alpha value is -1.26. The average Bonchev–Trinajstić information content (AvgIpc) is 2.52. The van der Waals surface area contributed by atoms with Crippen LogP contribution in [-0.4, -0.2) is 42.6 Å². The molecule has 1 aromatic carbocycles. The van der Waals surface area contributed by atoms with Crippen LogP contribution in [-0.2, 0) is 4.79 Å². The van der Waals surface area contributed by atoms with Gasteiger partial charge in [0.1, 0.15) is 0 Å². The first kappa shape index (κ1) is 14.2. The summed E-state index contributed by atoms with van der Waals surface area (Å²) in [5.41, 5.74) is 1.64. The summed E-state index contributed by atoms with van der Waals surface area (Å²) in [7, 11) is 1.82. The first-order valence-electron chi connectivity index (χ1n) is 6.45. The topological polar surface area (TPSA) is 43.8 Å². The fraction of sp³-hybridized carbons (Fsp3) is 0.500. The molecule has 4 nitrogen and oxygen atoms in total. The maximum Gasteiger partial charge on any atom is 0.241 e. The lowest BCUT2D eigenvalue weighted by molar-refractivity contribution is -0.127. The van der Waals surface area contributed by atoms with E-state index in [1.54, 1.807) is 17.9 Å². The highest BCUT2D eigenvalue weighted by Gasteiger charge is 2.21. The fourth-order valence-electron chi connectivity index (χ4n) is 2.23. The van der Waals surface area contributed by atoms with Crippen LogP contribution >= 0.6 is 11.6 Å². The minimum Gasteiger partial charge on any atom is -0.389 e. The van der Waals surface area contributed by atoms with E-state index in [1.807, 2.05) is 24.1 Å². The molecule has 0 unspecified atom stereocenters. The van der Waals surface area contributed by atoms with Gasteiger partial charge in [0.05, 0.1) is 23.4 Å². The molecular formula is C14H19ClN2O2. The monoisotopic (exact) mass is 282 g/mol. The van der Waals surface area contributed by atoms with Crippen LogP contribution in [0.5, 0.6) is 0 Å². The molecule has 0 aliphatic carbocycles. The molecule has 1 fully saturated rings. The Kier molecular flexibility index (Phi) is 4.32. The van der Waals surface area contributed by atoms with Gasteiger partial charge in [0, 0.05) is 20.1 Å². The van der Waals surface area contributed by atoms with Crippen LogP contribution in [0, 0.1) is 0 Å². The van der Waals surface area contributed by atoms with Crippen LogP contribution < -0.4 is 4.90 Å². The molecule has 1 aliphatic heterocycles. The molecule has 0 radical (unpaired) electrons. The summed E-state index contributed by atoms with van der Waals surface area (Å²) in [6.45, 7) is 3.64. The van der Waals surface area contributed by atoms with E-state index < -0.39 is 6.10 Å². The lowest BCUT2D eigenvalue weighted by Crippen LogP contribution is -2.34. The molecular weight excluding hydrogens is 264 g/mol. The fourth-order valence-corrected chi connectivity index (χ4v) is 2.54. The minimum absolute atomic E-state index is 0.105. The van der Waals surface area contributed by atoms with Gasteiger partial charge in [-0.1, -0.05) is 17.7 Å². The smallest absolute Gasteiger partial charge is 0.241 e. The van der Waals surface area contributed by atoms with Gasteiger partial charge in [-0.2, -0.15) is 0 Å². The molecule has 2 rings (SSSR count). The summed E-state index contributed by atoms with van der Waals surface area (Å²) in [6, 6.07) is 5.49. The van der Waals surface area contributed by atoms with Crippen molar-refractivity contribution in [2.45, 2.75) is 19.4 Å². The molecule has 0 saturated carbocycles. The highest BCUT2D eigenvalue weighted by molar-refractivity contribution is 6.33. The second-order valence-corrected chi connectivity index (χ2v) is 5.38. The second-order valence-electron chi connectivity index (χ2n) is 4.98. The summed E-state index contributed by atoms with van der Waals surface area (Å²) < 4.78 is 0. The third-order valence-electron chi connectivity index (χ3n) is 3.47. The molecule has 1 heterocycles. The Morgan fingerprint density at radius 3 is 2.74 bits per heavy atom. The van der Waals surface area contributed by atoms with Gasteiger partial charge in [-0.3, -0.25) is 4.79 Å². The van der Waals surface area contributed by atoms with Crippen LogP contribution in [0.2, 0.25) is 5.02 Å². The van der Waals surface area contributed by atoms with E-state index >= 15 is 0 Å². The number of carbonyl (C=O) groups is 1. The van der Waals surface area contributed by atoms with Gasteiger partial charge < -0.3 is 14.9 Å². The largest absolute Gasteiger partial charge is 0.389 e. The number of carbonyl (C=O) groups excluding carboxylic acids is 1. The second kappa shape index (κ2) is 5.80. The standard InChI is InChI=1S/C14H19ClN2O2/c1-10(18)11-4-5-13(12(15)8-11)17-7-3-6-16(2)14(19)9-17/h4-5,8,10,18H,3,6-7,9H2,1-2H3/t10-/m0/s1. The molecule has 1 aliphatic rings. The van der Waals surface area contributed by atoms with Crippen molar-refractivity contribution in [1.29, 1.82) is 0 Å². The number of halogens is 1. The molecule has 104 valence electrons. The van der Waals surface area contributed by atoms with E-state index in [2.05, 4.69) is 0 Å². The lowest BCUT2D eigenvalue weighted by Gasteiger charge is -2.23. The van der Waals surface area contributed by atoms with Gasteiger partial charge in [0.15, 0.2) is 0 Å². The summed E-state index contributed by atoms with van der Waals surface area (Å²) in [5.74, 6) is 0.105. The molecule has 0 bridgehead atoms. The number of aliphatic hydroxyl groups is 1. The quantitative estimate of drug-likeness (QED) is 0.903. The van der Waals surface area contributed by atoms with E-state index in [0.29, 0.717) is 11.6 Å². The molecule has 5 heteroatoms. The van der Waals surface area contributed by atoms with E-state index in [9.17, 15) is 9.90 Å². The Morgan fingerprint density at radius 1 is 1.37 bits per heavy atom. The van der Waals surface area contributed by atoms with E-state index in [0.717, 1.165) is 30.8 Å². The number of hydrogen-bond acceptors (Lipinski definition) is 3. The molecule has 1 saturated heterocycles. The number of rotatable bonds is 2. The van der Waals surface area contributed by atoms with Crippen LogP contribution in [0.15, 0.2) is 18.2 Å². The van der Waals surface area contributed by atoms with Crippen LogP contribution in [0.3, 0.4) is 0 Å². The predicted molar refractivity (Wildman–Crippen MR) is 76.6 cm³/mol. The third-order valence-corrected chi connectivity index (χ3v) is 3.77. The zero-order valence-corrected chi connectivity index (χ0v) is 12.0. The number of benzene rings is 1. The molecule has 1 N–H and O–H groups in total. The number of hydrogen-bond donors (Lipinski definition) is 1. The summed E-state index contributed by atoms with van der Waals surface area (Å²) >= 11 is 6.27. The third kappa shape index (κ3) is 3.19. The highest BCUT2D eigenvalue weighted by Crippen LogP contribution is 2.29. The Morgan fingerprint density at radius 2 is 2.11 bits per heavy atom. The number of aliphatic hydroxyl groups excluding tert-OH is 1. The van der Waals surface area contributed by atoms with Gasteiger partial charge in [-0.25, -0.2) is 0 Å². The first-order chi connectivity index (χ1) is 8.99. The molecule has 19 heavy (non-hydrogen) atoms. The molecule has 1 amide bonds. The van der Waals surface area contributed by atoms with Crippen molar-refractivity contribution in [2.75, 3.05) is 31.6 Å². The molecule has 1 atom stereocenters. The molecule has 0 aromatic heterocycles. The number of amides is 1. The Labute approximate surface area is 118 Å². The zero-order valence-electron chi connectivity index (χ0n) is 11.3.